The molecule has 0 unspecified atom stereocenters. The Bertz CT molecular complexity index is 653. The summed E-state index contributed by atoms with van der Waals surface area (Å²) in [7, 11) is 0. The first-order valence-electron chi connectivity index (χ1n) is 7.49. The predicted molar refractivity (Wildman–Crippen MR) is 81.6 cm³/mol. The van der Waals surface area contributed by atoms with Gasteiger partial charge in [-0.25, -0.2) is 0 Å². The van der Waals surface area contributed by atoms with Crippen LogP contribution in [0, 0.1) is 19.8 Å². The lowest BCUT2D eigenvalue weighted by Crippen LogP contribution is -2.32. The number of furan rings is 1. The number of amides is 1. The van der Waals surface area contributed by atoms with E-state index in [-0.39, 0.29) is 5.91 Å². The minimum atomic E-state index is -0.0523. The van der Waals surface area contributed by atoms with E-state index in [1.807, 2.05) is 26.0 Å². The van der Waals surface area contributed by atoms with E-state index in [0.29, 0.717) is 18.0 Å². The lowest BCUT2D eigenvalue weighted by atomic mass is 10.00. The minimum Gasteiger partial charge on any atom is -0.463 e. The largest absolute Gasteiger partial charge is 0.463 e. The highest BCUT2D eigenvalue weighted by Crippen LogP contribution is 2.25. The fraction of sp³-hybridized carbons (Fsp3) is 0.471. The van der Waals surface area contributed by atoms with Crippen molar-refractivity contribution in [2.75, 3.05) is 19.8 Å². The molecule has 4 heteroatoms. The topological polar surface area (TPSA) is 51.5 Å². The van der Waals surface area contributed by atoms with Crippen molar-refractivity contribution < 1.29 is 13.9 Å². The SMILES string of the molecule is Cc1cc2occ(C(=O)NCC3CCOCC3)c2cc1C. The van der Waals surface area contributed by atoms with Crippen molar-refractivity contribution in [2.24, 2.45) is 5.92 Å². The molecule has 1 aromatic heterocycles. The molecule has 1 N–H and O–H groups in total. The van der Waals surface area contributed by atoms with Crippen molar-refractivity contribution in [1.29, 1.82) is 0 Å². The van der Waals surface area contributed by atoms with Gasteiger partial charge < -0.3 is 14.5 Å². The van der Waals surface area contributed by atoms with Gasteiger partial charge in [0.2, 0.25) is 0 Å². The van der Waals surface area contributed by atoms with Gasteiger partial charge in [0.05, 0.1) is 5.56 Å². The summed E-state index contributed by atoms with van der Waals surface area (Å²) >= 11 is 0. The molecule has 0 atom stereocenters. The first-order chi connectivity index (χ1) is 10.1. The average molecular weight is 287 g/mol. The standard InChI is InChI=1S/C17H21NO3/c1-11-7-14-15(10-21-16(14)8-12(11)2)17(19)18-9-13-3-5-20-6-4-13/h7-8,10,13H,3-6,9H2,1-2H3,(H,18,19). The van der Waals surface area contributed by atoms with Crippen LogP contribution in [0.3, 0.4) is 0 Å². The Morgan fingerprint density at radius 2 is 1.95 bits per heavy atom. The quantitative estimate of drug-likeness (QED) is 0.943. The zero-order chi connectivity index (χ0) is 14.8. The molecule has 1 saturated heterocycles. The number of carbonyl (C=O) groups is 1. The molecule has 1 aliphatic heterocycles. The number of nitrogens with one attached hydrogen (secondary N) is 1. The molecule has 0 saturated carbocycles. The van der Waals surface area contributed by atoms with E-state index >= 15 is 0 Å². The number of aryl methyl sites for hydroxylation is 2. The van der Waals surface area contributed by atoms with Crippen molar-refractivity contribution in [3.8, 4) is 0 Å². The van der Waals surface area contributed by atoms with Gasteiger partial charge in [0.15, 0.2) is 0 Å². The summed E-state index contributed by atoms with van der Waals surface area (Å²) in [4.78, 5) is 12.4. The van der Waals surface area contributed by atoms with Crippen LogP contribution in [0.15, 0.2) is 22.8 Å². The third kappa shape index (κ3) is 2.95. The lowest BCUT2D eigenvalue weighted by molar-refractivity contribution is 0.0643. The molecule has 2 heterocycles. The lowest BCUT2D eigenvalue weighted by Gasteiger charge is -2.22. The third-order valence-corrected chi connectivity index (χ3v) is 4.33. The maximum Gasteiger partial charge on any atom is 0.255 e. The molecule has 0 radical (unpaired) electrons. The van der Waals surface area contributed by atoms with Crippen molar-refractivity contribution in [3.05, 3.63) is 35.1 Å². The molecule has 4 nitrogen and oxygen atoms in total. The summed E-state index contributed by atoms with van der Waals surface area (Å²) in [6.45, 7) is 6.40. The van der Waals surface area contributed by atoms with Gasteiger partial charge in [-0.05, 0) is 55.9 Å². The normalized spacial score (nSPS) is 16.3. The zero-order valence-corrected chi connectivity index (χ0v) is 12.6. The molecule has 3 rings (SSSR count). The number of benzene rings is 1. The number of hydrogen-bond donors (Lipinski definition) is 1. The molecule has 0 aliphatic carbocycles. The second-order valence-corrected chi connectivity index (χ2v) is 5.85. The predicted octanol–water partition coefficient (Wildman–Crippen LogP) is 3.21. The summed E-state index contributed by atoms with van der Waals surface area (Å²) in [6, 6.07) is 4.01. The maximum atomic E-state index is 12.4. The highest BCUT2D eigenvalue weighted by molar-refractivity contribution is 6.06. The Morgan fingerprint density at radius 3 is 2.71 bits per heavy atom. The first-order valence-corrected chi connectivity index (χ1v) is 7.49. The monoisotopic (exact) mass is 287 g/mol. The van der Waals surface area contributed by atoms with Crippen LogP contribution in [-0.4, -0.2) is 25.7 Å². The van der Waals surface area contributed by atoms with Gasteiger partial charge >= 0.3 is 0 Å². The maximum absolute atomic E-state index is 12.4. The van der Waals surface area contributed by atoms with Gasteiger partial charge in [0, 0.05) is 25.1 Å². The Hall–Kier alpha value is -1.81. The molecular formula is C17H21NO3. The van der Waals surface area contributed by atoms with Crippen LogP contribution in [0.5, 0.6) is 0 Å². The first kappa shape index (κ1) is 14.1. The minimum absolute atomic E-state index is 0.0523. The second kappa shape index (κ2) is 5.90. The van der Waals surface area contributed by atoms with Gasteiger partial charge in [-0.2, -0.15) is 0 Å². The van der Waals surface area contributed by atoms with E-state index in [2.05, 4.69) is 5.32 Å². The van der Waals surface area contributed by atoms with E-state index in [4.69, 9.17) is 9.15 Å². The smallest absolute Gasteiger partial charge is 0.255 e. The summed E-state index contributed by atoms with van der Waals surface area (Å²) in [5.74, 6) is 0.466. The highest BCUT2D eigenvalue weighted by Gasteiger charge is 2.18. The van der Waals surface area contributed by atoms with E-state index in [0.717, 1.165) is 37.0 Å². The second-order valence-electron chi connectivity index (χ2n) is 5.85. The van der Waals surface area contributed by atoms with Gasteiger partial charge in [-0.3, -0.25) is 4.79 Å². The average Bonchev–Trinajstić information content (AvgIpc) is 2.89. The van der Waals surface area contributed by atoms with Crippen molar-refractivity contribution in [3.63, 3.8) is 0 Å². The van der Waals surface area contributed by atoms with Crippen LogP contribution in [0.2, 0.25) is 0 Å². The van der Waals surface area contributed by atoms with E-state index < -0.39 is 0 Å². The number of carbonyl (C=O) groups excluding carboxylic acids is 1. The van der Waals surface area contributed by atoms with Crippen molar-refractivity contribution in [2.45, 2.75) is 26.7 Å². The molecule has 112 valence electrons. The van der Waals surface area contributed by atoms with Crippen LogP contribution in [0.4, 0.5) is 0 Å². The van der Waals surface area contributed by atoms with Crippen LogP contribution >= 0.6 is 0 Å². The van der Waals surface area contributed by atoms with E-state index in [9.17, 15) is 4.79 Å². The molecule has 1 aliphatic rings. The summed E-state index contributed by atoms with van der Waals surface area (Å²) in [6.07, 6.45) is 3.60. The van der Waals surface area contributed by atoms with Crippen molar-refractivity contribution >= 4 is 16.9 Å². The third-order valence-electron chi connectivity index (χ3n) is 4.33. The summed E-state index contributed by atoms with van der Waals surface area (Å²) in [5.41, 5.74) is 3.74. The Balaban J connectivity index is 1.73. The molecular weight excluding hydrogens is 266 g/mol. The molecule has 0 bridgehead atoms. The van der Waals surface area contributed by atoms with Crippen LogP contribution in [-0.2, 0) is 4.74 Å². The molecule has 2 aromatic rings. The van der Waals surface area contributed by atoms with Gasteiger partial charge in [0.25, 0.3) is 5.91 Å². The number of fused-ring (bicyclic) bond motifs is 1. The van der Waals surface area contributed by atoms with Gasteiger partial charge in [-0.15, -0.1) is 0 Å². The van der Waals surface area contributed by atoms with Gasteiger partial charge in [-0.1, -0.05) is 0 Å². The fourth-order valence-electron chi connectivity index (χ4n) is 2.74. The summed E-state index contributed by atoms with van der Waals surface area (Å²) in [5, 5.41) is 3.92. The van der Waals surface area contributed by atoms with Crippen LogP contribution in [0.25, 0.3) is 11.0 Å². The number of ether oxygens (including phenoxy) is 1. The van der Waals surface area contributed by atoms with Crippen LogP contribution < -0.4 is 5.32 Å². The Labute approximate surface area is 124 Å². The molecule has 1 aromatic carbocycles. The van der Waals surface area contributed by atoms with E-state index in [1.165, 1.54) is 11.1 Å². The van der Waals surface area contributed by atoms with Crippen LogP contribution in [0.1, 0.15) is 34.3 Å². The molecule has 21 heavy (non-hydrogen) atoms. The summed E-state index contributed by atoms with van der Waals surface area (Å²) < 4.78 is 10.9. The Morgan fingerprint density at radius 1 is 1.24 bits per heavy atom. The van der Waals surface area contributed by atoms with Crippen molar-refractivity contribution in [1.82, 2.24) is 5.32 Å². The number of hydrogen-bond acceptors (Lipinski definition) is 3. The molecule has 1 fully saturated rings. The molecule has 1 amide bonds. The zero-order valence-electron chi connectivity index (χ0n) is 12.6. The van der Waals surface area contributed by atoms with Gasteiger partial charge in [0.1, 0.15) is 11.8 Å². The van der Waals surface area contributed by atoms with E-state index in [1.54, 1.807) is 6.26 Å². The molecule has 0 spiro atoms. The highest BCUT2D eigenvalue weighted by atomic mass is 16.5. The Kier molecular flexibility index (Phi) is 3.97. The fourth-order valence-corrected chi connectivity index (χ4v) is 2.74. The number of rotatable bonds is 3.